The number of anilines is 3. The Labute approximate surface area is 443 Å². The molecule has 2 atom stereocenters. The van der Waals surface area contributed by atoms with Crippen LogP contribution < -0.4 is 4.90 Å². The second kappa shape index (κ2) is 21.7. The van der Waals surface area contributed by atoms with Gasteiger partial charge in [0.2, 0.25) is 10.0 Å². The standard InChI is InChI=1S/C53H63F6N3O10S4/c1-11-36(2)37-14-22-42(23-15-37)61(44-26-19-40(20-27-44)49(3,4)5)43-24-16-38(17-25-43)39-18-28-45-46-29-21-41(50(6,7)8)35-48(46)51(47(45)34-39,30-12-32-73(63,64)62(71-10)76(69,70)53(57,58)59)31-13-33-74(65,66)72-60(9)75(67,68)52(54,55)56/h14-29,34-36H,11-13,30-33H2,1-10H3. The number of fused-ring (bicyclic) bond motifs is 3. The fourth-order valence-corrected chi connectivity index (χ4v) is 14.1. The van der Waals surface area contributed by atoms with Gasteiger partial charge in [-0.05, 0) is 141 Å². The van der Waals surface area contributed by atoms with E-state index in [0.717, 1.165) is 34.6 Å². The Morgan fingerprint density at radius 2 is 1.00 bits per heavy atom. The van der Waals surface area contributed by atoms with E-state index in [4.69, 9.17) is 0 Å². The van der Waals surface area contributed by atoms with E-state index in [1.807, 2.05) is 81.4 Å². The van der Waals surface area contributed by atoms with Crippen LogP contribution in [0, 0.1) is 0 Å². The van der Waals surface area contributed by atoms with Gasteiger partial charge in [0.1, 0.15) is 0 Å². The molecule has 0 heterocycles. The van der Waals surface area contributed by atoms with Gasteiger partial charge in [0.15, 0.2) is 0 Å². The molecule has 13 nitrogen and oxygen atoms in total. The zero-order chi connectivity index (χ0) is 56.8. The second-order valence-corrected chi connectivity index (χ2v) is 28.4. The van der Waals surface area contributed by atoms with E-state index in [2.05, 4.69) is 97.2 Å². The Kier molecular flexibility index (Phi) is 17.3. The monoisotopic (exact) mass is 1140 g/mol. The molecule has 0 fully saturated rings. The number of nitrogens with zero attached hydrogens (tertiary/aromatic N) is 3. The Morgan fingerprint density at radius 3 is 1.47 bits per heavy atom. The van der Waals surface area contributed by atoms with Crippen LogP contribution in [0.5, 0.6) is 0 Å². The van der Waals surface area contributed by atoms with Crippen molar-refractivity contribution in [1.29, 1.82) is 0 Å². The predicted octanol–water partition coefficient (Wildman–Crippen LogP) is 12.8. The highest BCUT2D eigenvalue weighted by Gasteiger charge is 2.55. The molecule has 0 radical (unpaired) electrons. The van der Waals surface area contributed by atoms with Crippen molar-refractivity contribution in [1.82, 2.24) is 8.34 Å². The quantitative estimate of drug-likeness (QED) is 0.0538. The summed E-state index contributed by atoms with van der Waals surface area (Å²) < 4.78 is 186. The summed E-state index contributed by atoms with van der Waals surface area (Å²) in [5, 5.41) is 0. The summed E-state index contributed by atoms with van der Waals surface area (Å²) in [6, 6.07) is 35.5. The lowest BCUT2D eigenvalue weighted by Crippen LogP contribution is -2.44. The predicted molar refractivity (Wildman–Crippen MR) is 283 cm³/mol. The first-order valence-corrected chi connectivity index (χ1v) is 30.3. The number of hydroxylamine groups is 1. The highest BCUT2D eigenvalue weighted by molar-refractivity contribution is 8.04. The van der Waals surface area contributed by atoms with E-state index in [9.17, 15) is 60.0 Å². The van der Waals surface area contributed by atoms with Crippen LogP contribution in [0.15, 0.2) is 109 Å². The molecular formula is C53H63F6N3O10S4. The van der Waals surface area contributed by atoms with Crippen LogP contribution in [0.3, 0.4) is 0 Å². The first-order valence-electron chi connectivity index (χ1n) is 24.2. The van der Waals surface area contributed by atoms with Crippen molar-refractivity contribution >= 4 is 57.3 Å². The highest BCUT2D eigenvalue weighted by Crippen LogP contribution is 2.56. The van der Waals surface area contributed by atoms with Crippen LogP contribution in [0.2, 0.25) is 0 Å². The smallest absolute Gasteiger partial charge is 0.311 e. The van der Waals surface area contributed by atoms with E-state index in [-0.39, 0.29) is 25.3 Å². The van der Waals surface area contributed by atoms with Gasteiger partial charge in [-0.25, -0.2) is 16.8 Å². The van der Waals surface area contributed by atoms with Gasteiger partial charge in [-0.3, -0.25) is 4.84 Å². The molecule has 0 saturated carbocycles. The highest BCUT2D eigenvalue weighted by atomic mass is 32.3. The minimum Gasteiger partial charge on any atom is -0.311 e. The lowest BCUT2D eigenvalue weighted by molar-refractivity contribution is -0.0648. The molecular weight excluding hydrogens is 1080 g/mol. The summed E-state index contributed by atoms with van der Waals surface area (Å²) in [6.45, 7) is 16.5. The summed E-state index contributed by atoms with van der Waals surface area (Å²) >= 11 is 0. The van der Waals surface area contributed by atoms with Crippen molar-refractivity contribution in [2.24, 2.45) is 0 Å². The SMILES string of the molecule is CCC(C)c1ccc(N(c2ccc(-c3ccc4c(c3)C(CCCS(=O)(=O)ON(C)S(=O)(=O)C(F)(F)F)(CCCS(=O)(=O)N(OC)S(=O)(=O)C(F)(F)F)c3cc(C(C)(C)C)ccc3-4)cc2)c2ccc(C(C)(C)C)cc2)cc1. The van der Waals surface area contributed by atoms with Gasteiger partial charge in [-0.15, -0.1) is 0 Å². The average molecular weight is 1140 g/mol. The minimum atomic E-state index is -6.56. The molecule has 1 aliphatic carbocycles. The molecule has 0 amide bonds. The molecule has 0 bridgehead atoms. The van der Waals surface area contributed by atoms with Gasteiger partial charge in [-0.1, -0.05) is 127 Å². The Morgan fingerprint density at radius 1 is 0.566 bits per heavy atom. The van der Waals surface area contributed by atoms with Gasteiger partial charge < -0.3 is 4.90 Å². The molecule has 0 spiro atoms. The second-order valence-electron chi connectivity index (χ2n) is 20.9. The van der Waals surface area contributed by atoms with Gasteiger partial charge in [0.25, 0.3) is 10.1 Å². The summed E-state index contributed by atoms with van der Waals surface area (Å²) in [7, 11) is -22.6. The molecule has 23 heteroatoms. The molecule has 0 aliphatic heterocycles. The lowest BCUT2D eigenvalue weighted by Gasteiger charge is -2.34. The van der Waals surface area contributed by atoms with Crippen molar-refractivity contribution in [2.75, 3.05) is 30.6 Å². The fourth-order valence-electron chi connectivity index (χ4n) is 9.36. The van der Waals surface area contributed by atoms with Crippen LogP contribution in [0.1, 0.15) is 121 Å². The number of benzene rings is 5. The Hall–Kier alpha value is -4.88. The maximum absolute atomic E-state index is 13.7. The van der Waals surface area contributed by atoms with Crippen LogP contribution >= 0.6 is 0 Å². The van der Waals surface area contributed by atoms with Crippen LogP contribution in [-0.2, 0) is 65.6 Å². The largest absolute Gasteiger partial charge is 0.514 e. The van der Waals surface area contributed by atoms with Crippen LogP contribution in [0.25, 0.3) is 22.3 Å². The van der Waals surface area contributed by atoms with Gasteiger partial charge in [-0.2, -0.15) is 47.5 Å². The van der Waals surface area contributed by atoms with Crippen molar-refractivity contribution in [3.63, 3.8) is 0 Å². The molecule has 2 unspecified atom stereocenters. The first kappa shape index (κ1) is 60.4. The summed E-state index contributed by atoms with van der Waals surface area (Å²) in [4.78, 5) is 6.43. The molecule has 0 saturated heterocycles. The third-order valence-corrected chi connectivity index (χ3v) is 20.2. The van der Waals surface area contributed by atoms with Gasteiger partial charge in [0.05, 0.1) is 18.6 Å². The number of hydrogen-bond donors (Lipinski definition) is 0. The fraction of sp³-hybridized carbons (Fsp3) is 0.434. The van der Waals surface area contributed by atoms with Crippen molar-refractivity contribution in [3.8, 4) is 22.3 Å². The normalized spacial score (nSPS) is 16.2. The Bertz CT molecular complexity index is 3360. The molecule has 5 aromatic carbocycles. The van der Waals surface area contributed by atoms with Crippen molar-refractivity contribution in [2.45, 2.75) is 121 Å². The number of halogens is 6. The zero-order valence-electron chi connectivity index (χ0n) is 43.7. The maximum Gasteiger partial charge on any atom is 0.514 e. The van der Waals surface area contributed by atoms with E-state index >= 15 is 0 Å². The topological polar surface area (TPSA) is 165 Å². The molecule has 5 aromatic rings. The molecule has 416 valence electrons. The van der Waals surface area contributed by atoms with E-state index < -0.39 is 94.7 Å². The third-order valence-electron chi connectivity index (χ3n) is 13.7. The zero-order valence-corrected chi connectivity index (χ0v) is 47.0. The van der Waals surface area contributed by atoms with Crippen molar-refractivity contribution < 1.29 is 69.1 Å². The van der Waals surface area contributed by atoms with Gasteiger partial charge >= 0.3 is 31.1 Å². The third kappa shape index (κ3) is 12.5. The summed E-state index contributed by atoms with van der Waals surface area (Å²) in [5.74, 6) is -1.91. The average Bonchev–Trinajstić information content (AvgIpc) is 3.58. The number of hydrogen-bond acceptors (Lipinski definition) is 11. The van der Waals surface area contributed by atoms with Crippen molar-refractivity contribution in [3.05, 3.63) is 137 Å². The van der Waals surface area contributed by atoms with E-state index in [0.29, 0.717) is 46.4 Å². The van der Waals surface area contributed by atoms with E-state index in [1.165, 1.54) is 5.56 Å². The first-order chi connectivity index (χ1) is 34.9. The number of sulfonamides is 3. The number of alkyl halides is 6. The molecule has 76 heavy (non-hydrogen) atoms. The Balaban J connectivity index is 1.48. The number of rotatable bonds is 20. The molecule has 6 rings (SSSR count). The maximum atomic E-state index is 13.7. The summed E-state index contributed by atoms with van der Waals surface area (Å²) in [5.41, 5.74) is -4.57. The summed E-state index contributed by atoms with van der Waals surface area (Å²) in [6.07, 6.45) is -0.502. The lowest BCUT2D eigenvalue weighted by atomic mass is 9.70. The van der Waals surface area contributed by atoms with Gasteiger partial charge in [0, 0.05) is 33.4 Å². The van der Waals surface area contributed by atoms with Crippen LogP contribution in [-0.4, -0.2) is 78.7 Å². The van der Waals surface area contributed by atoms with E-state index in [1.54, 1.807) is 0 Å². The molecule has 0 N–H and O–H groups in total. The molecule has 1 aliphatic rings. The van der Waals surface area contributed by atoms with Crippen LogP contribution in [0.4, 0.5) is 43.4 Å². The molecule has 0 aromatic heterocycles. The minimum absolute atomic E-state index is 0.0938.